The van der Waals surface area contributed by atoms with Gasteiger partial charge in [0.2, 0.25) is 0 Å². The van der Waals surface area contributed by atoms with Crippen molar-refractivity contribution in [1.82, 2.24) is 0 Å². The van der Waals surface area contributed by atoms with E-state index in [9.17, 15) is 9.59 Å². The minimum atomic E-state index is -0.159. The van der Waals surface area contributed by atoms with Crippen molar-refractivity contribution in [3.05, 3.63) is 0 Å². The summed E-state index contributed by atoms with van der Waals surface area (Å²) in [5.74, 6) is 1.05. The van der Waals surface area contributed by atoms with Gasteiger partial charge in [0.1, 0.15) is 11.6 Å². The van der Waals surface area contributed by atoms with Gasteiger partial charge in [0, 0.05) is 22.7 Å². The summed E-state index contributed by atoms with van der Waals surface area (Å²) in [6, 6.07) is 0. The Morgan fingerprint density at radius 2 is 1.11 bits per heavy atom. The van der Waals surface area contributed by atoms with E-state index < -0.39 is 0 Å². The zero-order chi connectivity index (χ0) is 16.0. The highest BCUT2D eigenvalue weighted by atomic mass is 16.1. The summed E-state index contributed by atoms with van der Waals surface area (Å²) in [7, 11) is 0. The molecule has 0 saturated carbocycles. The number of carbonyl (C=O) groups excluding carboxylic acids is 2. The summed E-state index contributed by atoms with van der Waals surface area (Å²) in [5.41, 5.74) is -0.275. The highest BCUT2D eigenvalue weighted by Crippen LogP contribution is 2.24. The van der Waals surface area contributed by atoms with Crippen molar-refractivity contribution in [3.8, 4) is 0 Å². The molecule has 0 N–H and O–H groups in total. The van der Waals surface area contributed by atoms with Crippen LogP contribution >= 0.6 is 0 Å². The van der Waals surface area contributed by atoms with Crippen LogP contribution in [-0.4, -0.2) is 11.6 Å². The molecule has 0 bridgehead atoms. The molecular weight excluding hydrogens is 236 g/mol. The van der Waals surface area contributed by atoms with Crippen LogP contribution in [0, 0.1) is 22.7 Å². The van der Waals surface area contributed by atoms with Gasteiger partial charge in [-0.25, -0.2) is 0 Å². The lowest BCUT2D eigenvalue weighted by Gasteiger charge is -2.22. The van der Waals surface area contributed by atoms with Crippen molar-refractivity contribution in [2.24, 2.45) is 22.7 Å². The van der Waals surface area contributed by atoms with Crippen molar-refractivity contribution in [2.75, 3.05) is 0 Å². The average Bonchev–Trinajstić information content (AvgIpc) is 2.26. The summed E-state index contributed by atoms with van der Waals surface area (Å²) in [5, 5.41) is 0. The predicted octanol–water partition coefficient (Wildman–Crippen LogP) is 4.91. The van der Waals surface area contributed by atoms with E-state index in [0.717, 1.165) is 6.42 Å². The third-order valence-electron chi connectivity index (χ3n) is 3.34. The molecule has 0 aliphatic heterocycles. The first-order valence-corrected chi connectivity index (χ1v) is 7.36. The molecule has 0 unspecified atom stereocenters. The highest BCUT2D eigenvalue weighted by molar-refractivity contribution is 5.85. The van der Waals surface area contributed by atoms with Crippen LogP contribution in [0.4, 0.5) is 0 Å². The monoisotopic (exact) mass is 270 g/mol. The van der Waals surface area contributed by atoms with Gasteiger partial charge >= 0.3 is 0 Å². The third kappa shape index (κ3) is 8.18. The predicted molar refractivity (Wildman–Crippen MR) is 83.2 cm³/mol. The van der Waals surface area contributed by atoms with Crippen LogP contribution in [0.25, 0.3) is 0 Å². The van der Waals surface area contributed by atoms with E-state index in [1.165, 1.54) is 0 Å². The molecule has 19 heavy (non-hydrogen) atoms. The molecule has 0 rings (SSSR count). The molecular formula is C17H34O2. The van der Waals surface area contributed by atoms with Gasteiger partial charge in [-0.15, -0.1) is 0 Å². The molecule has 0 aliphatic rings. The standard InChI is InChI=1S/C9H18O.C8H16O/c1-6-9(4,5)8(10)7(2)3;1-6(2)7(9)8(3,4)5/h7H,6H2,1-5H3;6H,1-5H3. The Bertz CT molecular complexity index is 291. The molecule has 0 spiro atoms. The van der Waals surface area contributed by atoms with Crippen LogP contribution in [0.2, 0.25) is 0 Å². The fourth-order valence-electron chi connectivity index (χ4n) is 1.82. The number of carbonyl (C=O) groups is 2. The van der Waals surface area contributed by atoms with Crippen molar-refractivity contribution in [3.63, 3.8) is 0 Å². The molecule has 0 aliphatic carbocycles. The molecule has 0 radical (unpaired) electrons. The number of ketones is 2. The molecule has 0 atom stereocenters. The Labute approximate surface area is 120 Å². The average molecular weight is 270 g/mol. The molecule has 0 aromatic carbocycles. The topological polar surface area (TPSA) is 34.1 Å². The summed E-state index contributed by atoms with van der Waals surface area (Å²) >= 11 is 0. The van der Waals surface area contributed by atoms with Crippen molar-refractivity contribution < 1.29 is 9.59 Å². The van der Waals surface area contributed by atoms with Gasteiger partial charge in [0.15, 0.2) is 0 Å². The summed E-state index contributed by atoms with van der Waals surface area (Å²) in [6.07, 6.45) is 0.935. The van der Waals surface area contributed by atoms with E-state index in [0.29, 0.717) is 11.6 Å². The summed E-state index contributed by atoms with van der Waals surface area (Å²) in [6.45, 7) is 19.7. The first-order chi connectivity index (χ1) is 8.27. The minimum Gasteiger partial charge on any atom is -0.299 e. The molecule has 2 nitrogen and oxygen atoms in total. The maximum Gasteiger partial charge on any atom is 0.140 e. The third-order valence-corrected chi connectivity index (χ3v) is 3.34. The lowest BCUT2D eigenvalue weighted by molar-refractivity contribution is -0.130. The normalized spacial score (nSPS) is 12.2. The molecule has 0 heterocycles. The maximum atomic E-state index is 11.4. The van der Waals surface area contributed by atoms with Gasteiger partial charge in [-0.3, -0.25) is 9.59 Å². The summed E-state index contributed by atoms with van der Waals surface area (Å²) in [4.78, 5) is 22.6. The van der Waals surface area contributed by atoms with Crippen molar-refractivity contribution in [1.29, 1.82) is 0 Å². The van der Waals surface area contributed by atoms with Crippen LogP contribution < -0.4 is 0 Å². The van der Waals surface area contributed by atoms with Gasteiger partial charge in [-0.1, -0.05) is 69.2 Å². The zero-order valence-corrected chi connectivity index (χ0v) is 14.7. The van der Waals surface area contributed by atoms with E-state index in [2.05, 4.69) is 6.92 Å². The van der Waals surface area contributed by atoms with Crippen molar-refractivity contribution >= 4 is 11.6 Å². The molecule has 0 amide bonds. The van der Waals surface area contributed by atoms with Gasteiger partial charge in [-0.2, -0.15) is 0 Å². The second-order valence-electron chi connectivity index (χ2n) is 7.53. The minimum absolute atomic E-state index is 0.117. The second kappa shape index (κ2) is 7.81. The number of hydrogen-bond acceptors (Lipinski definition) is 2. The second-order valence-corrected chi connectivity index (χ2v) is 7.53. The first kappa shape index (κ1) is 20.7. The van der Waals surface area contributed by atoms with Gasteiger partial charge < -0.3 is 0 Å². The van der Waals surface area contributed by atoms with E-state index in [1.807, 2.05) is 62.3 Å². The van der Waals surface area contributed by atoms with E-state index in [1.54, 1.807) is 0 Å². The Hall–Kier alpha value is -0.660. The molecule has 114 valence electrons. The zero-order valence-electron chi connectivity index (χ0n) is 14.7. The van der Waals surface area contributed by atoms with Gasteiger partial charge in [0.05, 0.1) is 0 Å². The Morgan fingerprint density at radius 1 is 0.789 bits per heavy atom. The fraction of sp³-hybridized carbons (Fsp3) is 0.882. The molecule has 0 aromatic heterocycles. The number of rotatable bonds is 4. The van der Waals surface area contributed by atoms with Gasteiger partial charge in [-0.05, 0) is 6.42 Å². The van der Waals surface area contributed by atoms with Crippen LogP contribution in [-0.2, 0) is 9.59 Å². The quantitative estimate of drug-likeness (QED) is 0.727. The van der Waals surface area contributed by atoms with E-state index in [4.69, 9.17) is 0 Å². The van der Waals surface area contributed by atoms with Crippen LogP contribution in [0.5, 0.6) is 0 Å². The Morgan fingerprint density at radius 3 is 1.16 bits per heavy atom. The summed E-state index contributed by atoms with van der Waals surface area (Å²) < 4.78 is 0. The molecule has 0 fully saturated rings. The smallest absolute Gasteiger partial charge is 0.140 e. The molecule has 2 heteroatoms. The molecule has 0 aromatic rings. The maximum absolute atomic E-state index is 11.4. The van der Waals surface area contributed by atoms with Crippen LogP contribution in [0.15, 0.2) is 0 Å². The molecule has 0 saturated heterocycles. The van der Waals surface area contributed by atoms with E-state index in [-0.39, 0.29) is 22.7 Å². The van der Waals surface area contributed by atoms with Crippen LogP contribution in [0.3, 0.4) is 0 Å². The Kier molecular flexibility index (Phi) is 8.49. The highest BCUT2D eigenvalue weighted by Gasteiger charge is 2.26. The fourth-order valence-corrected chi connectivity index (χ4v) is 1.82. The van der Waals surface area contributed by atoms with Crippen molar-refractivity contribution in [2.45, 2.75) is 75.7 Å². The van der Waals surface area contributed by atoms with E-state index >= 15 is 0 Å². The Balaban J connectivity index is 0. The lowest BCUT2D eigenvalue weighted by Crippen LogP contribution is -2.27. The first-order valence-electron chi connectivity index (χ1n) is 7.36. The van der Waals surface area contributed by atoms with Gasteiger partial charge in [0.25, 0.3) is 0 Å². The largest absolute Gasteiger partial charge is 0.299 e. The number of hydrogen-bond donors (Lipinski definition) is 0. The van der Waals surface area contributed by atoms with Crippen LogP contribution in [0.1, 0.15) is 75.7 Å². The number of Topliss-reactive ketones (excluding diaryl/α,β-unsaturated/α-hetero) is 2. The SMILES string of the molecule is CC(C)C(=O)C(C)(C)C.CCC(C)(C)C(=O)C(C)C. The lowest BCUT2D eigenvalue weighted by atomic mass is 9.80.